The molecule has 11 heteroatoms. The number of hydrogen-bond acceptors (Lipinski definition) is 5. The number of anilines is 1. The van der Waals surface area contributed by atoms with E-state index in [1.807, 2.05) is 52.3 Å². The average Bonchev–Trinajstić information content (AvgIpc) is 3.67. The molecule has 0 bridgehead atoms. The third-order valence-electron chi connectivity index (χ3n) is 8.03. The first-order valence-corrected chi connectivity index (χ1v) is 16.3. The highest BCUT2D eigenvalue weighted by atomic mass is 35.5. The molecule has 1 aliphatic carbocycles. The highest BCUT2D eigenvalue weighted by Gasteiger charge is 2.47. The van der Waals surface area contributed by atoms with Crippen LogP contribution in [0.5, 0.6) is 5.75 Å². The number of halogens is 3. The lowest BCUT2D eigenvalue weighted by Gasteiger charge is -2.30. The molecular formula is C33H31Cl3N4O3S. The number of fused-ring (bicyclic) bond motifs is 3. The van der Waals surface area contributed by atoms with Crippen LogP contribution >= 0.6 is 47.4 Å². The largest absolute Gasteiger partial charge is 0.492 e. The van der Waals surface area contributed by atoms with E-state index in [-0.39, 0.29) is 11.8 Å². The molecule has 3 aromatic carbocycles. The molecule has 44 heavy (non-hydrogen) atoms. The Morgan fingerprint density at radius 2 is 1.86 bits per heavy atom. The molecule has 7 nitrogen and oxygen atoms in total. The Balaban J connectivity index is 1.13. The van der Waals surface area contributed by atoms with Crippen LogP contribution in [0.25, 0.3) is 11.1 Å². The van der Waals surface area contributed by atoms with Crippen LogP contribution in [-0.4, -0.2) is 47.0 Å². The number of nitrogens with one attached hydrogen (secondary N) is 1. The van der Waals surface area contributed by atoms with Crippen molar-refractivity contribution >= 4 is 64.9 Å². The highest BCUT2D eigenvalue weighted by Crippen LogP contribution is 2.57. The van der Waals surface area contributed by atoms with Crippen molar-refractivity contribution in [2.75, 3.05) is 30.3 Å². The Morgan fingerprint density at radius 3 is 2.70 bits per heavy atom. The van der Waals surface area contributed by atoms with E-state index >= 15 is 0 Å². The second kappa shape index (κ2) is 13.4. The summed E-state index contributed by atoms with van der Waals surface area (Å²) >= 11 is 22.5. The van der Waals surface area contributed by atoms with Crippen LogP contribution in [0.2, 0.25) is 15.1 Å². The van der Waals surface area contributed by atoms with E-state index in [2.05, 4.69) is 29.1 Å². The lowest BCUT2D eigenvalue weighted by Crippen LogP contribution is -2.36. The molecule has 0 spiro atoms. The van der Waals surface area contributed by atoms with Crippen LogP contribution in [0.4, 0.5) is 5.69 Å². The van der Waals surface area contributed by atoms with E-state index in [0.717, 1.165) is 35.3 Å². The summed E-state index contributed by atoms with van der Waals surface area (Å²) in [4.78, 5) is 27.8. The maximum absolute atomic E-state index is 13.4. The fourth-order valence-corrected chi connectivity index (χ4v) is 6.52. The molecular weight excluding hydrogens is 639 g/mol. The molecule has 1 saturated carbocycles. The van der Waals surface area contributed by atoms with E-state index in [4.69, 9.17) is 39.5 Å². The molecule has 1 aliphatic heterocycles. The molecule has 2 aliphatic rings. The number of aromatic nitrogens is 2. The number of hydrogen-bond donors (Lipinski definition) is 2. The van der Waals surface area contributed by atoms with Crippen LogP contribution in [0, 0.1) is 5.92 Å². The van der Waals surface area contributed by atoms with E-state index in [0.29, 0.717) is 76.5 Å². The van der Waals surface area contributed by atoms with E-state index in [1.165, 1.54) is 5.56 Å². The number of nitrogens with zero attached hydrogens (tertiary/aromatic N) is 3. The number of amides is 2. The average molecular weight is 670 g/mol. The number of benzene rings is 3. The summed E-state index contributed by atoms with van der Waals surface area (Å²) in [5.41, 5.74) is 5.92. The van der Waals surface area contributed by atoms with Crippen molar-refractivity contribution in [3.63, 3.8) is 0 Å². The molecule has 4 aromatic rings. The zero-order valence-electron chi connectivity index (χ0n) is 23.8. The molecule has 2 heterocycles. The van der Waals surface area contributed by atoms with Gasteiger partial charge in [0.1, 0.15) is 5.75 Å². The summed E-state index contributed by atoms with van der Waals surface area (Å²) in [5.74, 6) is 1.91. The Labute approximate surface area is 276 Å². The van der Waals surface area contributed by atoms with Gasteiger partial charge in [-0.25, -0.2) is 0 Å². The smallest absolute Gasteiger partial charge is 0.251 e. The minimum Gasteiger partial charge on any atom is -0.492 e. The summed E-state index contributed by atoms with van der Waals surface area (Å²) in [5, 5.41) is 8.60. The molecule has 6 rings (SSSR count). The zero-order chi connectivity index (χ0) is 30.8. The van der Waals surface area contributed by atoms with Crippen molar-refractivity contribution in [2.45, 2.75) is 31.7 Å². The van der Waals surface area contributed by atoms with Gasteiger partial charge in [-0.1, -0.05) is 59.1 Å². The van der Waals surface area contributed by atoms with Gasteiger partial charge in [0.05, 0.1) is 34.4 Å². The van der Waals surface area contributed by atoms with Crippen LogP contribution in [0.15, 0.2) is 67.0 Å². The van der Waals surface area contributed by atoms with Crippen molar-refractivity contribution in [2.24, 2.45) is 5.92 Å². The van der Waals surface area contributed by atoms with Crippen LogP contribution < -0.4 is 15.0 Å². The summed E-state index contributed by atoms with van der Waals surface area (Å²) in [6, 6.07) is 16.9. The Hall–Kier alpha value is -3.17. The Morgan fingerprint density at radius 1 is 1.05 bits per heavy atom. The number of carbonyl (C=O) groups excluding carboxylic acids is 2. The third-order valence-corrected chi connectivity index (χ3v) is 9.27. The minimum absolute atomic E-state index is 0.0755. The van der Waals surface area contributed by atoms with Gasteiger partial charge in [0.15, 0.2) is 0 Å². The highest BCUT2D eigenvalue weighted by molar-refractivity contribution is 7.80. The number of rotatable bonds is 11. The molecule has 228 valence electrons. The van der Waals surface area contributed by atoms with Crippen molar-refractivity contribution in [1.29, 1.82) is 0 Å². The maximum atomic E-state index is 13.4. The summed E-state index contributed by atoms with van der Waals surface area (Å²) < 4.78 is 7.67. The normalized spacial score (nSPS) is 16.7. The lowest BCUT2D eigenvalue weighted by molar-refractivity contribution is -0.119. The van der Waals surface area contributed by atoms with Crippen molar-refractivity contribution in [1.82, 2.24) is 15.1 Å². The Kier molecular flexibility index (Phi) is 9.42. The zero-order valence-corrected chi connectivity index (χ0v) is 27.0. The fraction of sp³-hybridized carbons (Fsp3) is 0.303. The summed E-state index contributed by atoms with van der Waals surface area (Å²) in [6.45, 7) is 2.12. The molecule has 2 atom stereocenters. The molecule has 1 aromatic heterocycles. The monoisotopic (exact) mass is 668 g/mol. The molecule has 2 amide bonds. The molecule has 2 unspecified atom stereocenters. The van der Waals surface area contributed by atoms with E-state index in [1.54, 1.807) is 18.2 Å². The van der Waals surface area contributed by atoms with Gasteiger partial charge in [0.25, 0.3) is 5.91 Å². The number of ether oxygens (including phenoxy) is 1. The van der Waals surface area contributed by atoms with Crippen LogP contribution in [0.3, 0.4) is 0 Å². The maximum Gasteiger partial charge on any atom is 0.251 e. The van der Waals surface area contributed by atoms with Gasteiger partial charge in [-0.15, -0.1) is 0 Å². The predicted molar refractivity (Wildman–Crippen MR) is 179 cm³/mol. The second-order valence-corrected chi connectivity index (χ2v) is 12.8. The van der Waals surface area contributed by atoms with E-state index in [9.17, 15) is 9.59 Å². The first-order valence-electron chi connectivity index (χ1n) is 14.5. The first kappa shape index (κ1) is 30.8. The van der Waals surface area contributed by atoms with Crippen molar-refractivity contribution in [3.8, 4) is 16.9 Å². The topological polar surface area (TPSA) is 76.5 Å². The fourth-order valence-electron chi connectivity index (χ4n) is 5.82. The van der Waals surface area contributed by atoms with Crippen LogP contribution in [0.1, 0.15) is 46.7 Å². The molecule has 1 fully saturated rings. The predicted octanol–water partition coefficient (Wildman–Crippen LogP) is 7.53. The second-order valence-electron chi connectivity index (χ2n) is 11.1. The van der Waals surface area contributed by atoms with Gasteiger partial charge in [-0.05, 0) is 65.6 Å². The van der Waals surface area contributed by atoms with Gasteiger partial charge in [0.2, 0.25) is 5.91 Å². The summed E-state index contributed by atoms with van der Waals surface area (Å²) in [7, 11) is 0. The van der Waals surface area contributed by atoms with Gasteiger partial charge in [0, 0.05) is 54.3 Å². The summed E-state index contributed by atoms with van der Waals surface area (Å²) in [6.07, 6.45) is 5.88. The van der Waals surface area contributed by atoms with Gasteiger partial charge < -0.3 is 15.0 Å². The van der Waals surface area contributed by atoms with E-state index < -0.39 is 0 Å². The van der Waals surface area contributed by atoms with Crippen molar-refractivity contribution in [3.05, 3.63) is 98.7 Å². The SMILES string of the molecule is O=C(NCCS)c1cccc(Cn2cc(-c3cccc4c3C3CC3CN4C(=O)CCCOc3cc(Cl)c(Cl)cc3Cl)cn2)c1. The Bertz CT molecular complexity index is 1710. The van der Waals surface area contributed by atoms with Crippen LogP contribution in [-0.2, 0) is 11.3 Å². The molecule has 1 N–H and O–H groups in total. The van der Waals surface area contributed by atoms with Gasteiger partial charge in [-0.2, -0.15) is 17.7 Å². The van der Waals surface area contributed by atoms with Crippen molar-refractivity contribution < 1.29 is 14.3 Å². The quantitative estimate of drug-likeness (QED) is 0.0984. The number of thiol groups is 1. The molecule has 0 saturated heterocycles. The lowest BCUT2D eigenvalue weighted by atomic mass is 9.92. The molecule has 0 radical (unpaired) electrons. The number of carbonyl (C=O) groups is 2. The van der Waals surface area contributed by atoms with Gasteiger partial charge in [-0.3, -0.25) is 14.3 Å². The first-order chi connectivity index (χ1) is 21.3. The third kappa shape index (κ3) is 6.74. The standard InChI is InChI=1S/C33H31Cl3N4O3S/c34-26-14-28(36)30(15-27(26)35)43-10-3-8-31(41)40-19-22-13-25(22)32-24(6-2-7-29(32)40)23-16-38-39(18-23)17-20-4-1-5-21(12-20)33(42)37-9-11-44/h1-2,4-7,12,14-16,18,22,25,44H,3,8-11,13,17,19H2,(H,37,42). The minimum atomic E-state index is -0.112. The van der Waals surface area contributed by atoms with Gasteiger partial charge >= 0.3 is 0 Å².